The summed E-state index contributed by atoms with van der Waals surface area (Å²) in [4.78, 5) is 0. The third-order valence-corrected chi connectivity index (χ3v) is 5.06. The van der Waals surface area contributed by atoms with Crippen molar-refractivity contribution in [2.45, 2.75) is 51.8 Å². The van der Waals surface area contributed by atoms with E-state index in [4.69, 9.17) is 16.3 Å². The Kier molecular flexibility index (Phi) is 8.19. The fraction of sp³-hybridized carbons (Fsp3) is 0.526. The molecule has 0 atom stereocenters. The maximum Gasteiger partial charge on any atom is 0.212 e. The smallest absolute Gasteiger partial charge is 0.212 e. The zero-order valence-corrected chi connectivity index (χ0v) is 16.6. The minimum atomic E-state index is -0.311. The molecule has 1 saturated carbocycles. The Bertz CT molecular complexity index is 702. The maximum absolute atomic E-state index is 13.4. The molecule has 0 spiro atoms. The third-order valence-electron chi connectivity index (χ3n) is 4.69. The maximum atomic E-state index is 13.4. The second kappa shape index (κ2) is 10.1. The lowest BCUT2D eigenvalue weighted by atomic mass is 9.89. The van der Waals surface area contributed by atoms with E-state index in [0.29, 0.717) is 23.0 Å². The molecule has 3 rings (SSSR count). The Balaban J connectivity index is 0.00000243. The van der Waals surface area contributed by atoms with E-state index in [-0.39, 0.29) is 24.8 Å². The highest BCUT2D eigenvalue weighted by atomic mass is 35.5. The lowest BCUT2D eigenvalue weighted by Crippen LogP contribution is -2.16. The van der Waals surface area contributed by atoms with E-state index in [2.05, 4.69) is 10.4 Å². The van der Waals surface area contributed by atoms with Gasteiger partial charge in [0.1, 0.15) is 12.4 Å². The summed E-state index contributed by atoms with van der Waals surface area (Å²) in [6.07, 6.45) is 6.42. The van der Waals surface area contributed by atoms with E-state index in [1.165, 1.54) is 44.2 Å². The zero-order valence-electron chi connectivity index (χ0n) is 15.0. The minimum absolute atomic E-state index is 0. The van der Waals surface area contributed by atoms with Gasteiger partial charge < -0.3 is 10.1 Å². The Morgan fingerprint density at radius 3 is 2.77 bits per heavy atom. The second-order valence-electron chi connectivity index (χ2n) is 6.71. The molecule has 1 N–H and O–H groups in total. The summed E-state index contributed by atoms with van der Waals surface area (Å²) < 4.78 is 21.3. The average molecular weight is 402 g/mol. The number of nitrogens with one attached hydrogen (secondary N) is 1. The molecule has 0 saturated heterocycles. The predicted octanol–water partition coefficient (Wildman–Crippen LogP) is 4.98. The minimum Gasteiger partial charge on any atom is -0.473 e. The van der Waals surface area contributed by atoms with E-state index in [0.717, 1.165) is 18.1 Å². The molecule has 0 unspecified atom stereocenters. The molecule has 1 aliphatic carbocycles. The fourth-order valence-electron chi connectivity index (χ4n) is 3.38. The first-order chi connectivity index (χ1) is 12.2. The first-order valence-corrected chi connectivity index (χ1v) is 9.31. The molecule has 1 aromatic carbocycles. The molecule has 26 heavy (non-hydrogen) atoms. The highest BCUT2D eigenvalue weighted by Crippen LogP contribution is 2.27. The topological polar surface area (TPSA) is 39.1 Å². The molecular weight excluding hydrogens is 376 g/mol. The summed E-state index contributed by atoms with van der Waals surface area (Å²) >= 11 is 6.13. The van der Waals surface area contributed by atoms with Crippen LogP contribution < -0.4 is 10.1 Å². The highest BCUT2D eigenvalue weighted by Gasteiger charge is 2.18. The van der Waals surface area contributed by atoms with Crippen molar-refractivity contribution in [3.63, 3.8) is 0 Å². The van der Waals surface area contributed by atoms with Crippen LogP contribution in [0.4, 0.5) is 4.39 Å². The third kappa shape index (κ3) is 5.60. The molecule has 0 aliphatic heterocycles. The zero-order chi connectivity index (χ0) is 17.6. The molecule has 1 fully saturated rings. The summed E-state index contributed by atoms with van der Waals surface area (Å²) in [7, 11) is 1.90. The lowest BCUT2D eigenvalue weighted by molar-refractivity contribution is 0.245. The monoisotopic (exact) mass is 401 g/mol. The fourth-order valence-corrected chi connectivity index (χ4v) is 3.56. The lowest BCUT2D eigenvalue weighted by Gasteiger charge is -2.22. The van der Waals surface area contributed by atoms with Crippen LogP contribution in [-0.4, -0.2) is 16.8 Å². The van der Waals surface area contributed by atoms with Crippen molar-refractivity contribution in [1.29, 1.82) is 0 Å². The van der Waals surface area contributed by atoms with Crippen LogP contribution in [0.3, 0.4) is 0 Å². The number of hydrogen-bond donors (Lipinski definition) is 1. The molecule has 0 bridgehead atoms. The van der Waals surface area contributed by atoms with Crippen molar-refractivity contribution in [2.24, 2.45) is 5.92 Å². The molecular formula is C19H26Cl2FN3O. The number of halogens is 3. The van der Waals surface area contributed by atoms with E-state index >= 15 is 0 Å². The van der Waals surface area contributed by atoms with E-state index in [1.807, 2.05) is 17.8 Å². The van der Waals surface area contributed by atoms with Crippen LogP contribution in [0, 0.1) is 11.7 Å². The van der Waals surface area contributed by atoms with Crippen molar-refractivity contribution in [3.05, 3.63) is 46.4 Å². The standard InChI is InChI=1S/C19H25ClFN3O.ClH/c1-22-11-17-10-19(24(23-17)12-14-5-3-2-4-6-14)25-13-15-9-16(21)7-8-18(15)20;/h7-10,14,22H,2-6,11-13H2,1H3;1H. The molecule has 1 heterocycles. The molecule has 0 radical (unpaired) electrons. The summed E-state index contributed by atoms with van der Waals surface area (Å²) in [5.41, 5.74) is 1.58. The normalized spacial score (nSPS) is 14.9. The molecule has 0 amide bonds. The predicted molar refractivity (Wildman–Crippen MR) is 105 cm³/mol. The quantitative estimate of drug-likeness (QED) is 0.710. The number of hydrogen-bond acceptors (Lipinski definition) is 3. The van der Waals surface area contributed by atoms with Gasteiger partial charge in [-0.15, -0.1) is 12.4 Å². The average Bonchev–Trinajstić information content (AvgIpc) is 2.98. The number of rotatable bonds is 7. The molecule has 144 valence electrons. The molecule has 2 aromatic rings. The van der Waals surface area contributed by atoms with Crippen molar-refractivity contribution in [1.82, 2.24) is 15.1 Å². The number of aromatic nitrogens is 2. The number of benzene rings is 1. The van der Waals surface area contributed by atoms with Crippen LogP contribution in [0.5, 0.6) is 5.88 Å². The number of ether oxygens (including phenoxy) is 1. The van der Waals surface area contributed by atoms with Gasteiger partial charge >= 0.3 is 0 Å². The highest BCUT2D eigenvalue weighted by molar-refractivity contribution is 6.31. The molecule has 4 nitrogen and oxygen atoms in total. The summed E-state index contributed by atoms with van der Waals surface area (Å²) in [5, 5.41) is 8.29. The molecule has 7 heteroatoms. The number of nitrogens with zero attached hydrogens (tertiary/aromatic N) is 2. The van der Waals surface area contributed by atoms with Gasteiger partial charge in [-0.25, -0.2) is 9.07 Å². The Morgan fingerprint density at radius 2 is 2.04 bits per heavy atom. The van der Waals surface area contributed by atoms with Gasteiger partial charge in [0.2, 0.25) is 5.88 Å². The van der Waals surface area contributed by atoms with Crippen molar-refractivity contribution >= 4 is 24.0 Å². The van der Waals surface area contributed by atoms with Crippen LogP contribution in [0.25, 0.3) is 0 Å². The first kappa shape index (κ1) is 21.0. The van der Waals surface area contributed by atoms with Gasteiger partial charge in [0.15, 0.2) is 0 Å². The summed E-state index contributed by atoms with van der Waals surface area (Å²) in [6, 6.07) is 6.27. The van der Waals surface area contributed by atoms with Crippen molar-refractivity contribution in [2.75, 3.05) is 7.05 Å². The summed E-state index contributed by atoms with van der Waals surface area (Å²) in [5.74, 6) is 1.06. The van der Waals surface area contributed by atoms with E-state index < -0.39 is 0 Å². The van der Waals surface area contributed by atoms with Gasteiger partial charge in [-0.2, -0.15) is 5.10 Å². The largest absolute Gasteiger partial charge is 0.473 e. The molecule has 1 aliphatic rings. The van der Waals surface area contributed by atoms with Gasteiger partial charge in [0.05, 0.1) is 5.69 Å². The Labute approximate surface area is 165 Å². The van der Waals surface area contributed by atoms with Crippen LogP contribution in [-0.2, 0) is 19.7 Å². The van der Waals surface area contributed by atoms with Crippen LogP contribution in [0.1, 0.15) is 43.4 Å². The van der Waals surface area contributed by atoms with Crippen LogP contribution >= 0.6 is 24.0 Å². The summed E-state index contributed by atoms with van der Waals surface area (Å²) in [6.45, 7) is 1.79. The van der Waals surface area contributed by atoms with Gasteiger partial charge in [0, 0.05) is 29.7 Å². The van der Waals surface area contributed by atoms with Gasteiger partial charge in [0.25, 0.3) is 0 Å². The van der Waals surface area contributed by atoms with Crippen LogP contribution in [0.15, 0.2) is 24.3 Å². The van der Waals surface area contributed by atoms with Gasteiger partial charge in [-0.1, -0.05) is 30.9 Å². The van der Waals surface area contributed by atoms with E-state index in [1.54, 1.807) is 6.07 Å². The second-order valence-corrected chi connectivity index (χ2v) is 7.12. The van der Waals surface area contributed by atoms with Crippen molar-refractivity contribution < 1.29 is 9.13 Å². The molecule has 1 aromatic heterocycles. The van der Waals surface area contributed by atoms with E-state index in [9.17, 15) is 4.39 Å². The Hall–Kier alpha value is -1.30. The van der Waals surface area contributed by atoms with Crippen molar-refractivity contribution in [3.8, 4) is 5.88 Å². The van der Waals surface area contributed by atoms with Gasteiger partial charge in [-0.05, 0) is 44.0 Å². The van der Waals surface area contributed by atoms with Crippen LogP contribution in [0.2, 0.25) is 5.02 Å². The van der Waals surface area contributed by atoms with Gasteiger partial charge in [-0.3, -0.25) is 0 Å². The first-order valence-electron chi connectivity index (χ1n) is 8.93. The Morgan fingerprint density at radius 1 is 1.27 bits per heavy atom. The SMILES string of the molecule is CNCc1cc(OCc2cc(F)ccc2Cl)n(CC2CCCCC2)n1.Cl.